The van der Waals surface area contributed by atoms with Crippen molar-refractivity contribution in [3.8, 4) is 6.07 Å². The molecule has 0 unspecified atom stereocenters. The Hall–Kier alpha value is -2.81. The Balaban J connectivity index is 2.30. The predicted molar refractivity (Wildman–Crippen MR) is 75.2 cm³/mol. The van der Waals surface area contributed by atoms with Gasteiger partial charge in [0.15, 0.2) is 0 Å². The first-order chi connectivity index (χ1) is 10.0. The van der Waals surface area contributed by atoms with Gasteiger partial charge in [0.05, 0.1) is 34.3 Å². The molecule has 1 aromatic heterocycles. The number of aryl methyl sites for hydroxylation is 2. The number of nitrogens with zero attached hydrogens (tertiary/aromatic N) is 3. The Kier molecular flexibility index (Phi) is 4.24. The van der Waals surface area contributed by atoms with Crippen LogP contribution in [0.5, 0.6) is 0 Å². The third-order valence-corrected chi connectivity index (χ3v) is 2.92. The molecule has 2 rings (SSSR count). The Bertz CT molecular complexity index is 737. The lowest BCUT2D eigenvalue weighted by Gasteiger charge is -2.09. The maximum absolute atomic E-state index is 13.8. The fourth-order valence-corrected chi connectivity index (χ4v) is 1.85. The number of rotatable bonds is 3. The van der Waals surface area contributed by atoms with Gasteiger partial charge in [-0.05, 0) is 37.6 Å². The average Bonchev–Trinajstić information content (AvgIpc) is 2.49. The summed E-state index contributed by atoms with van der Waals surface area (Å²) < 4.78 is 13.8. The van der Waals surface area contributed by atoms with Crippen LogP contribution in [0.1, 0.15) is 34.2 Å². The fraction of sp³-hybridized carbons (Fsp3) is 0.200. The molecule has 5 nitrogen and oxygen atoms in total. The lowest BCUT2D eigenvalue weighted by Crippen LogP contribution is -2.17. The number of carbonyl (C=O) groups excluding carboxylic acids is 1. The van der Waals surface area contributed by atoms with Gasteiger partial charge in [0.2, 0.25) is 0 Å². The highest BCUT2D eigenvalue weighted by Crippen LogP contribution is 2.17. The highest BCUT2D eigenvalue weighted by atomic mass is 19.1. The van der Waals surface area contributed by atoms with Crippen LogP contribution in [-0.4, -0.2) is 16.1 Å². The molecule has 0 saturated heterocycles. The van der Waals surface area contributed by atoms with E-state index in [9.17, 15) is 9.18 Å². The third kappa shape index (κ3) is 3.20. The lowest BCUT2D eigenvalue weighted by atomic mass is 10.1. The number of amides is 1. The van der Waals surface area contributed by atoms with E-state index in [1.807, 2.05) is 13.0 Å². The standard InChI is InChI=1S/C15H13FN4O/c1-3-13-11(6-9(2)19-20-13)15(21)18-14-5-4-10(8-17)7-12(14)16/h4-7H,3H2,1-2H3,(H,18,21). The van der Waals surface area contributed by atoms with Gasteiger partial charge in [0, 0.05) is 0 Å². The van der Waals surface area contributed by atoms with Crippen molar-refractivity contribution in [3.63, 3.8) is 0 Å². The maximum atomic E-state index is 13.8. The largest absolute Gasteiger partial charge is 0.319 e. The number of nitriles is 1. The van der Waals surface area contributed by atoms with E-state index < -0.39 is 11.7 Å². The van der Waals surface area contributed by atoms with Gasteiger partial charge < -0.3 is 5.32 Å². The molecule has 1 amide bonds. The number of benzene rings is 1. The number of anilines is 1. The monoisotopic (exact) mass is 284 g/mol. The predicted octanol–water partition coefficient (Wildman–Crippen LogP) is 2.61. The van der Waals surface area contributed by atoms with Gasteiger partial charge >= 0.3 is 0 Å². The van der Waals surface area contributed by atoms with Crippen molar-refractivity contribution in [1.82, 2.24) is 10.2 Å². The molecule has 6 heteroatoms. The molecule has 0 aliphatic heterocycles. The summed E-state index contributed by atoms with van der Waals surface area (Å²) in [5.41, 5.74) is 1.75. The molecular formula is C15H13FN4O. The van der Waals surface area contributed by atoms with E-state index in [-0.39, 0.29) is 11.3 Å². The zero-order chi connectivity index (χ0) is 15.4. The SMILES string of the molecule is CCc1nnc(C)cc1C(=O)Nc1ccc(C#N)cc1F. The van der Waals surface area contributed by atoms with Gasteiger partial charge in [-0.1, -0.05) is 6.92 Å². The van der Waals surface area contributed by atoms with Gasteiger partial charge in [-0.3, -0.25) is 4.79 Å². The summed E-state index contributed by atoms with van der Waals surface area (Å²) in [5.74, 6) is -1.10. The molecule has 0 fully saturated rings. The van der Waals surface area contributed by atoms with E-state index in [4.69, 9.17) is 5.26 Å². The van der Waals surface area contributed by atoms with Crippen molar-refractivity contribution in [2.24, 2.45) is 0 Å². The minimum Gasteiger partial charge on any atom is -0.319 e. The number of nitrogens with one attached hydrogen (secondary N) is 1. The first-order valence-corrected chi connectivity index (χ1v) is 6.39. The Labute approximate surface area is 121 Å². The minimum absolute atomic E-state index is 0.0236. The fourth-order valence-electron chi connectivity index (χ4n) is 1.85. The smallest absolute Gasteiger partial charge is 0.257 e. The van der Waals surface area contributed by atoms with E-state index in [2.05, 4.69) is 15.5 Å². The molecule has 0 radical (unpaired) electrons. The molecule has 1 N–H and O–H groups in total. The van der Waals surface area contributed by atoms with Gasteiger partial charge in [0.25, 0.3) is 5.91 Å². The summed E-state index contributed by atoms with van der Waals surface area (Å²) >= 11 is 0. The van der Waals surface area contributed by atoms with Crippen molar-refractivity contribution in [2.75, 3.05) is 5.32 Å². The molecule has 0 spiro atoms. The van der Waals surface area contributed by atoms with Crippen LogP contribution < -0.4 is 5.32 Å². The van der Waals surface area contributed by atoms with Crippen LogP contribution in [0.3, 0.4) is 0 Å². The Morgan fingerprint density at radius 3 is 2.76 bits per heavy atom. The van der Waals surface area contributed by atoms with Crippen LogP contribution in [0.15, 0.2) is 24.3 Å². The molecule has 0 bridgehead atoms. The highest BCUT2D eigenvalue weighted by molar-refractivity contribution is 6.05. The second-order valence-electron chi connectivity index (χ2n) is 4.46. The maximum Gasteiger partial charge on any atom is 0.257 e. The first-order valence-electron chi connectivity index (χ1n) is 6.39. The van der Waals surface area contributed by atoms with Gasteiger partial charge in [-0.2, -0.15) is 15.5 Å². The van der Waals surface area contributed by atoms with Crippen LogP contribution in [0.2, 0.25) is 0 Å². The summed E-state index contributed by atoms with van der Waals surface area (Å²) in [6, 6.07) is 7.32. The van der Waals surface area contributed by atoms with Crippen LogP contribution >= 0.6 is 0 Å². The van der Waals surface area contributed by atoms with Crippen LogP contribution in [0.4, 0.5) is 10.1 Å². The van der Waals surface area contributed by atoms with E-state index >= 15 is 0 Å². The molecule has 0 aliphatic rings. The van der Waals surface area contributed by atoms with Gasteiger partial charge in [-0.15, -0.1) is 0 Å². The quantitative estimate of drug-likeness (QED) is 0.939. The minimum atomic E-state index is -0.654. The van der Waals surface area contributed by atoms with Crippen molar-refractivity contribution in [1.29, 1.82) is 5.26 Å². The zero-order valence-corrected chi connectivity index (χ0v) is 11.6. The van der Waals surface area contributed by atoms with E-state index in [0.717, 1.165) is 6.07 Å². The molecular weight excluding hydrogens is 271 g/mol. The second-order valence-corrected chi connectivity index (χ2v) is 4.46. The number of hydrogen-bond acceptors (Lipinski definition) is 4. The number of aromatic nitrogens is 2. The summed E-state index contributed by atoms with van der Waals surface area (Å²) in [7, 11) is 0. The highest BCUT2D eigenvalue weighted by Gasteiger charge is 2.15. The molecule has 0 saturated carbocycles. The normalized spacial score (nSPS) is 10.0. The topological polar surface area (TPSA) is 78.7 Å². The molecule has 21 heavy (non-hydrogen) atoms. The molecule has 0 atom stereocenters. The molecule has 1 heterocycles. The first kappa shape index (κ1) is 14.6. The second kappa shape index (κ2) is 6.09. The van der Waals surface area contributed by atoms with E-state index in [1.165, 1.54) is 12.1 Å². The number of halogens is 1. The average molecular weight is 284 g/mol. The van der Waals surface area contributed by atoms with Crippen molar-refractivity contribution >= 4 is 11.6 Å². The van der Waals surface area contributed by atoms with Crippen molar-refractivity contribution < 1.29 is 9.18 Å². The molecule has 2 aromatic rings. The summed E-state index contributed by atoms with van der Waals surface area (Å²) in [6.45, 7) is 3.59. The van der Waals surface area contributed by atoms with Gasteiger partial charge in [0.1, 0.15) is 5.82 Å². The number of hydrogen-bond donors (Lipinski definition) is 1. The zero-order valence-electron chi connectivity index (χ0n) is 11.6. The molecule has 1 aromatic carbocycles. The summed E-state index contributed by atoms with van der Waals surface area (Å²) in [5, 5.41) is 19.0. The van der Waals surface area contributed by atoms with Crippen molar-refractivity contribution in [3.05, 3.63) is 52.6 Å². The van der Waals surface area contributed by atoms with Crippen LogP contribution in [0, 0.1) is 24.1 Å². The van der Waals surface area contributed by atoms with Crippen molar-refractivity contribution in [2.45, 2.75) is 20.3 Å². The summed E-state index contributed by atoms with van der Waals surface area (Å²) in [4.78, 5) is 12.2. The molecule has 0 aliphatic carbocycles. The Morgan fingerprint density at radius 1 is 1.38 bits per heavy atom. The van der Waals surface area contributed by atoms with Crippen LogP contribution in [0.25, 0.3) is 0 Å². The van der Waals surface area contributed by atoms with E-state index in [0.29, 0.717) is 23.4 Å². The third-order valence-electron chi connectivity index (χ3n) is 2.92. The number of carbonyl (C=O) groups is 1. The van der Waals surface area contributed by atoms with Gasteiger partial charge in [-0.25, -0.2) is 4.39 Å². The van der Waals surface area contributed by atoms with E-state index in [1.54, 1.807) is 13.0 Å². The van der Waals surface area contributed by atoms with Crippen LogP contribution in [-0.2, 0) is 6.42 Å². The molecule has 106 valence electrons. The lowest BCUT2D eigenvalue weighted by molar-refractivity contribution is 0.102. The Morgan fingerprint density at radius 2 is 2.14 bits per heavy atom. The summed E-state index contributed by atoms with van der Waals surface area (Å²) in [6.07, 6.45) is 0.548.